The Morgan fingerprint density at radius 2 is 1.82 bits per heavy atom. The number of rotatable bonds is 7. The SMILES string of the molecule is COc1cccc([C@H]2O[C@H](CC(=O)N3CCC(CC(=O)O)CC3)c3cccn3-c3ccc(Cl)cc32)c1OC. The molecule has 1 N–H and O–H groups in total. The maximum absolute atomic E-state index is 13.5. The lowest BCUT2D eigenvalue weighted by Crippen LogP contribution is -2.39. The molecule has 1 aromatic heterocycles. The summed E-state index contributed by atoms with van der Waals surface area (Å²) in [6.45, 7) is 1.10. The van der Waals surface area contributed by atoms with Gasteiger partial charge in [-0.05, 0) is 55.2 Å². The minimum Gasteiger partial charge on any atom is -0.493 e. The Bertz CT molecular complexity index is 1330. The van der Waals surface area contributed by atoms with E-state index in [1.807, 2.05) is 59.6 Å². The molecule has 2 aliphatic heterocycles. The number of hydrogen-bond donors (Lipinski definition) is 1. The lowest BCUT2D eigenvalue weighted by molar-refractivity contribution is -0.139. The highest BCUT2D eigenvalue weighted by Gasteiger charge is 2.35. The Morgan fingerprint density at radius 3 is 2.53 bits per heavy atom. The third-order valence-corrected chi connectivity index (χ3v) is 7.68. The number of methoxy groups -OCH3 is 2. The fourth-order valence-corrected chi connectivity index (χ4v) is 5.75. The van der Waals surface area contributed by atoms with Crippen LogP contribution >= 0.6 is 11.6 Å². The molecule has 0 spiro atoms. The number of halogens is 1. The second-order valence-electron chi connectivity index (χ2n) is 9.72. The number of aromatic nitrogens is 1. The molecule has 0 unspecified atom stereocenters. The van der Waals surface area contributed by atoms with Crippen LogP contribution in [0.4, 0.5) is 0 Å². The van der Waals surface area contributed by atoms with E-state index in [9.17, 15) is 9.59 Å². The van der Waals surface area contributed by atoms with Crippen molar-refractivity contribution in [2.75, 3.05) is 27.3 Å². The number of amides is 1. The second kappa shape index (κ2) is 11.1. The summed E-state index contributed by atoms with van der Waals surface area (Å²) in [6, 6.07) is 15.3. The second-order valence-corrected chi connectivity index (χ2v) is 10.2. The molecule has 38 heavy (non-hydrogen) atoms. The number of aliphatic carboxylic acids is 1. The van der Waals surface area contributed by atoms with Crippen molar-refractivity contribution >= 4 is 23.5 Å². The first kappa shape index (κ1) is 26.1. The van der Waals surface area contributed by atoms with Gasteiger partial charge in [0, 0.05) is 41.9 Å². The Kier molecular flexibility index (Phi) is 7.63. The largest absolute Gasteiger partial charge is 0.493 e. The van der Waals surface area contributed by atoms with Crippen molar-refractivity contribution in [2.45, 2.75) is 37.9 Å². The minimum absolute atomic E-state index is 0.0168. The summed E-state index contributed by atoms with van der Waals surface area (Å²) in [5.74, 6) is 0.436. The van der Waals surface area contributed by atoms with Crippen LogP contribution in [0.25, 0.3) is 5.69 Å². The smallest absolute Gasteiger partial charge is 0.303 e. The number of benzene rings is 2. The third-order valence-electron chi connectivity index (χ3n) is 7.45. The van der Waals surface area contributed by atoms with E-state index < -0.39 is 18.2 Å². The van der Waals surface area contributed by atoms with E-state index >= 15 is 0 Å². The topological polar surface area (TPSA) is 90.2 Å². The predicted molar refractivity (Wildman–Crippen MR) is 142 cm³/mol. The number of carboxylic acids is 1. The molecule has 1 saturated heterocycles. The molecule has 3 heterocycles. The highest BCUT2D eigenvalue weighted by molar-refractivity contribution is 6.30. The van der Waals surface area contributed by atoms with Crippen LogP contribution in [0.2, 0.25) is 5.02 Å². The molecule has 0 radical (unpaired) electrons. The molecule has 5 rings (SSSR count). The monoisotopic (exact) mass is 538 g/mol. The zero-order valence-corrected chi connectivity index (χ0v) is 22.2. The van der Waals surface area contributed by atoms with Gasteiger partial charge in [0.25, 0.3) is 0 Å². The molecule has 0 bridgehead atoms. The van der Waals surface area contributed by atoms with Crippen LogP contribution in [0.3, 0.4) is 0 Å². The Balaban J connectivity index is 1.49. The van der Waals surface area contributed by atoms with E-state index in [1.54, 1.807) is 14.2 Å². The number of para-hydroxylation sites is 1. The van der Waals surface area contributed by atoms with E-state index in [1.165, 1.54) is 0 Å². The molecule has 1 amide bonds. The normalized spacial score (nSPS) is 19.3. The number of ether oxygens (including phenoxy) is 3. The molecule has 200 valence electrons. The summed E-state index contributed by atoms with van der Waals surface area (Å²) in [5, 5.41) is 9.69. The Labute approximate surface area is 226 Å². The first-order chi connectivity index (χ1) is 18.4. The van der Waals surface area contributed by atoms with Gasteiger partial charge in [-0.25, -0.2) is 0 Å². The molecule has 9 heteroatoms. The number of carbonyl (C=O) groups excluding carboxylic acids is 1. The fourth-order valence-electron chi connectivity index (χ4n) is 5.57. The van der Waals surface area contributed by atoms with Gasteiger partial charge in [0.15, 0.2) is 11.5 Å². The van der Waals surface area contributed by atoms with Crippen molar-refractivity contribution in [3.8, 4) is 17.2 Å². The highest BCUT2D eigenvalue weighted by Crippen LogP contribution is 2.46. The van der Waals surface area contributed by atoms with Gasteiger partial charge in [0.2, 0.25) is 5.91 Å². The van der Waals surface area contributed by atoms with Crippen molar-refractivity contribution in [1.29, 1.82) is 0 Å². The van der Waals surface area contributed by atoms with Gasteiger partial charge in [-0.3, -0.25) is 9.59 Å². The number of piperidine rings is 1. The maximum atomic E-state index is 13.5. The van der Waals surface area contributed by atoms with E-state index in [0.29, 0.717) is 42.5 Å². The maximum Gasteiger partial charge on any atom is 0.303 e. The highest BCUT2D eigenvalue weighted by atomic mass is 35.5. The minimum atomic E-state index is -0.791. The van der Waals surface area contributed by atoms with Crippen LogP contribution in [-0.4, -0.2) is 53.8 Å². The summed E-state index contributed by atoms with van der Waals surface area (Å²) in [5.41, 5.74) is 3.40. The quantitative estimate of drug-likeness (QED) is 0.432. The van der Waals surface area contributed by atoms with Gasteiger partial charge in [-0.15, -0.1) is 0 Å². The number of carbonyl (C=O) groups is 2. The molecule has 0 aliphatic carbocycles. The summed E-state index contributed by atoms with van der Waals surface area (Å²) in [4.78, 5) is 26.4. The van der Waals surface area contributed by atoms with E-state index in [-0.39, 0.29) is 24.7 Å². The molecule has 2 aromatic carbocycles. The van der Waals surface area contributed by atoms with Crippen molar-refractivity contribution in [2.24, 2.45) is 5.92 Å². The molecule has 2 atom stereocenters. The number of nitrogens with zero attached hydrogens (tertiary/aromatic N) is 2. The molecule has 0 saturated carbocycles. The van der Waals surface area contributed by atoms with Crippen molar-refractivity contribution in [3.63, 3.8) is 0 Å². The Morgan fingerprint density at radius 1 is 1.03 bits per heavy atom. The van der Waals surface area contributed by atoms with Crippen LogP contribution in [0.1, 0.15) is 54.7 Å². The summed E-state index contributed by atoms with van der Waals surface area (Å²) >= 11 is 6.46. The molecular formula is C29H31ClN2O6. The molecule has 3 aromatic rings. The van der Waals surface area contributed by atoms with Gasteiger partial charge in [0.05, 0.1) is 32.0 Å². The predicted octanol–water partition coefficient (Wildman–Crippen LogP) is 5.41. The van der Waals surface area contributed by atoms with Crippen LogP contribution in [-0.2, 0) is 14.3 Å². The number of fused-ring (bicyclic) bond motifs is 3. The standard InChI is InChI=1S/C29H31ClN2O6/c1-36-24-7-3-5-20(29(24)37-2)28-21-16-19(30)8-9-22(21)32-12-4-6-23(32)25(38-28)17-26(33)31-13-10-18(11-14-31)15-27(34)35/h3-9,12,16,18,25,28H,10-11,13-15,17H2,1-2H3,(H,34,35)/t25-,28-/m1/s1. The van der Waals surface area contributed by atoms with Gasteiger partial charge < -0.3 is 28.8 Å². The van der Waals surface area contributed by atoms with Gasteiger partial charge in [0.1, 0.15) is 12.2 Å². The summed E-state index contributed by atoms with van der Waals surface area (Å²) in [7, 11) is 3.18. The fraction of sp³-hybridized carbons (Fsp3) is 0.379. The molecule has 2 aliphatic rings. The molecule has 8 nitrogen and oxygen atoms in total. The first-order valence-electron chi connectivity index (χ1n) is 12.7. The summed E-state index contributed by atoms with van der Waals surface area (Å²) in [6.07, 6.45) is 2.52. The van der Waals surface area contributed by atoms with Crippen LogP contribution in [0.5, 0.6) is 11.5 Å². The first-order valence-corrected chi connectivity index (χ1v) is 13.1. The van der Waals surface area contributed by atoms with Crippen molar-refractivity contribution in [1.82, 2.24) is 9.47 Å². The van der Waals surface area contributed by atoms with Gasteiger partial charge in [-0.2, -0.15) is 0 Å². The van der Waals surface area contributed by atoms with E-state index in [4.69, 9.17) is 30.9 Å². The van der Waals surface area contributed by atoms with Gasteiger partial charge >= 0.3 is 5.97 Å². The molecular weight excluding hydrogens is 508 g/mol. The molecule has 1 fully saturated rings. The Hall–Kier alpha value is -3.49. The lowest BCUT2D eigenvalue weighted by atomic mass is 9.93. The van der Waals surface area contributed by atoms with Gasteiger partial charge in [-0.1, -0.05) is 23.7 Å². The average molecular weight is 539 g/mol. The van der Waals surface area contributed by atoms with E-state index in [2.05, 4.69) is 4.57 Å². The number of carboxylic acid groups (broad SMARTS) is 1. The number of hydrogen-bond acceptors (Lipinski definition) is 5. The van der Waals surface area contributed by atoms with E-state index in [0.717, 1.165) is 22.5 Å². The zero-order valence-electron chi connectivity index (χ0n) is 21.4. The zero-order chi connectivity index (χ0) is 26.8. The van der Waals surface area contributed by atoms with Crippen LogP contribution < -0.4 is 9.47 Å². The number of likely N-dealkylation sites (tertiary alicyclic amines) is 1. The van der Waals surface area contributed by atoms with Crippen molar-refractivity contribution < 1.29 is 28.9 Å². The van der Waals surface area contributed by atoms with Crippen LogP contribution in [0.15, 0.2) is 54.7 Å². The summed E-state index contributed by atoms with van der Waals surface area (Å²) < 4.78 is 20.2. The van der Waals surface area contributed by atoms with Crippen molar-refractivity contribution in [3.05, 3.63) is 76.6 Å². The lowest BCUT2D eigenvalue weighted by Gasteiger charge is -2.33. The average Bonchev–Trinajstić information content (AvgIpc) is 3.36. The van der Waals surface area contributed by atoms with Crippen LogP contribution in [0, 0.1) is 5.92 Å². The third kappa shape index (κ3) is 5.11.